The molecule has 122 valence electrons. The number of aliphatic carboxylic acids is 1. The van der Waals surface area contributed by atoms with Gasteiger partial charge in [0.05, 0.1) is 32.8 Å². The molecule has 7 heteroatoms. The number of carbonyl (C=O) groups is 3. The summed E-state index contributed by atoms with van der Waals surface area (Å²) in [6.07, 6.45) is 0. The molecule has 1 N–H and O–H groups in total. The first-order valence-electron chi connectivity index (χ1n) is 6.96. The average Bonchev–Trinajstić information content (AvgIpc) is 2.33. The van der Waals surface area contributed by atoms with Gasteiger partial charge in [-0.3, -0.25) is 19.3 Å². The number of hydrogen-bond acceptors (Lipinski definition) is 6. The fraction of sp³-hybridized carbons (Fsp3) is 0.786. The SMILES string of the molecule is CC(C)COC(=O)CN(CC(=O)O)CC(=O)OCC(C)C. The Morgan fingerprint density at radius 1 is 0.857 bits per heavy atom. The van der Waals surface area contributed by atoms with Crippen LogP contribution in [0.15, 0.2) is 0 Å². The highest BCUT2D eigenvalue weighted by Gasteiger charge is 2.19. The van der Waals surface area contributed by atoms with Crippen molar-refractivity contribution >= 4 is 17.9 Å². The molecule has 0 rings (SSSR count). The third kappa shape index (κ3) is 11.9. The fourth-order valence-electron chi connectivity index (χ4n) is 1.33. The van der Waals surface area contributed by atoms with E-state index in [0.717, 1.165) is 0 Å². The monoisotopic (exact) mass is 303 g/mol. The van der Waals surface area contributed by atoms with Gasteiger partial charge in [-0.1, -0.05) is 27.7 Å². The predicted molar refractivity (Wildman–Crippen MR) is 75.7 cm³/mol. The molecule has 0 radical (unpaired) electrons. The van der Waals surface area contributed by atoms with Gasteiger partial charge in [0.2, 0.25) is 0 Å². The Kier molecular flexibility index (Phi) is 9.36. The van der Waals surface area contributed by atoms with E-state index in [1.807, 2.05) is 27.7 Å². The van der Waals surface area contributed by atoms with Crippen molar-refractivity contribution in [2.75, 3.05) is 32.8 Å². The third-order valence-electron chi connectivity index (χ3n) is 2.22. The Labute approximate surface area is 125 Å². The van der Waals surface area contributed by atoms with E-state index in [1.54, 1.807) is 0 Å². The van der Waals surface area contributed by atoms with Crippen LogP contribution >= 0.6 is 0 Å². The fourth-order valence-corrected chi connectivity index (χ4v) is 1.33. The third-order valence-corrected chi connectivity index (χ3v) is 2.22. The summed E-state index contributed by atoms with van der Waals surface area (Å²) < 4.78 is 9.94. The van der Waals surface area contributed by atoms with Gasteiger partial charge in [0.1, 0.15) is 0 Å². The summed E-state index contributed by atoms with van der Waals surface area (Å²) in [4.78, 5) is 35.1. The number of esters is 2. The first kappa shape index (κ1) is 19.4. The number of rotatable bonds is 10. The van der Waals surface area contributed by atoms with Crippen molar-refractivity contribution in [1.29, 1.82) is 0 Å². The summed E-state index contributed by atoms with van der Waals surface area (Å²) in [5.41, 5.74) is 0. The van der Waals surface area contributed by atoms with Crippen molar-refractivity contribution in [2.45, 2.75) is 27.7 Å². The van der Waals surface area contributed by atoms with E-state index in [2.05, 4.69) is 0 Å². The summed E-state index contributed by atoms with van der Waals surface area (Å²) in [7, 11) is 0. The summed E-state index contributed by atoms with van der Waals surface area (Å²) in [5.74, 6) is -1.85. The lowest BCUT2D eigenvalue weighted by atomic mass is 10.2. The second-order valence-corrected chi connectivity index (χ2v) is 5.69. The van der Waals surface area contributed by atoms with Crippen LogP contribution in [0.4, 0.5) is 0 Å². The second-order valence-electron chi connectivity index (χ2n) is 5.69. The highest BCUT2D eigenvalue weighted by atomic mass is 16.5. The van der Waals surface area contributed by atoms with E-state index in [9.17, 15) is 14.4 Å². The van der Waals surface area contributed by atoms with Crippen LogP contribution in [0, 0.1) is 11.8 Å². The molecule has 0 aliphatic carbocycles. The maximum absolute atomic E-state index is 11.6. The molecular formula is C14H25NO6. The van der Waals surface area contributed by atoms with Crippen molar-refractivity contribution in [3.05, 3.63) is 0 Å². The number of carbonyl (C=O) groups excluding carboxylic acids is 2. The lowest BCUT2D eigenvalue weighted by Crippen LogP contribution is -2.39. The van der Waals surface area contributed by atoms with Crippen molar-refractivity contribution in [2.24, 2.45) is 11.8 Å². The number of hydrogen-bond donors (Lipinski definition) is 1. The summed E-state index contributed by atoms with van der Waals surface area (Å²) >= 11 is 0. The molecule has 0 bridgehead atoms. The molecule has 0 aromatic rings. The van der Waals surface area contributed by atoms with Gasteiger partial charge in [-0.25, -0.2) is 0 Å². The molecule has 0 heterocycles. The van der Waals surface area contributed by atoms with Crippen LogP contribution in [0.3, 0.4) is 0 Å². The van der Waals surface area contributed by atoms with Gasteiger partial charge in [0.25, 0.3) is 0 Å². The zero-order chi connectivity index (χ0) is 16.4. The number of ether oxygens (including phenoxy) is 2. The molecule has 21 heavy (non-hydrogen) atoms. The molecule has 0 saturated heterocycles. The minimum atomic E-state index is -1.12. The molecular weight excluding hydrogens is 278 g/mol. The van der Waals surface area contributed by atoms with Crippen molar-refractivity contribution in [3.63, 3.8) is 0 Å². The number of carboxylic acid groups (broad SMARTS) is 1. The largest absolute Gasteiger partial charge is 0.480 e. The van der Waals surface area contributed by atoms with E-state index in [-0.39, 0.29) is 38.1 Å². The van der Waals surface area contributed by atoms with Crippen LogP contribution in [-0.2, 0) is 23.9 Å². The molecule has 0 aliphatic heterocycles. The summed E-state index contributed by atoms with van der Waals surface area (Å²) in [6, 6.07) is 0. The van der Waals surface area contributed by atoms with Gasteiger partial charge in [-0.15, -0.1) is 0 Å². The smallest absolute Gasteiger partial charge is 0.320 e. The molecule has 0 unspecified atom stereocenters. The Balaban J connectivity index is 4.34. The molecule has 0 aliphatic rings. The first-order chi connectivity index (χ1) is 9.70. The van der Waals surface area contributed by atoms with Gasteiger partial charge in [0, 0.05) is 0 Å². The maximum Gasteiger partial charge on any atom is 0.320 e. The standard InChI is InChI=1S/C14H25NO6/c1-10(2)8-20-13(18)6-15(5-12(16)17)7-14(19)21-9-11(3)4/h10-11H,5-9H2,1-4H3,(H,16,17). The highest BCUT2D eigenvalue weighted by Crippen LogP contribution is 1.98. The normalized spacial score (nSPS) is 11.0. The van der Waals surface area contributed by atoms with Gasteiger partial charge in [-0.2, -0.15) is 0 Å². The highest BCUT2D eigenvalue weighted by molar-refractivity contribution is 5.77. The molecule has 7 nitrogen and oxygen atoms in total. The molecule has 0 amide bonds. The topological polar surface area (TPSA) is 93.1 Å². The predicted octanol–water partition coefficient (Wildman–Crippen LogP) is 0.771. The van der Waals surface area contributed by atoms with Crippen LogP contribution in [-0.4, -0.2) is 60.8 Å². The minimum Gasteiger partial charge on any atom is -0.480 e. The average molecular weight is 303 g/mol. The molecule has 0 saturated carbocycles. The van der Waals surface area contributed by atoms with Gasteiger partial charge >= 0.3 is 17.9 Å². The molecule has 0 spiro atoms. The quantitative estimate of drug-likeness (QED) is 0.596. The van der Waals surface area contributed by atoms with Crippen LogP contribution in [0.5, 0.6) is 0 Å². The van der Waals surface area contributed by atoms with Crippen molar-refractivity contribution < 1.29 is 29.0 Å². The van der Waals surface area contributed by atoms with Crippen LogP contribution < -0.4 is 0 Å². The van der Waals surface area contributed by atoms with Gasteiger partial charge in [0.15, 0.2) is 0 Å². The van der Waals surface area contributed by atoms with Crippen LogP contribution in [0.25, 0.3) is 0 Å². The summed E-state index contributed by atoms with van der Waals surface area (Å²) in [6.45, 7) is 7.17. The minimum absolute atomic E-state index is 0.192. The lowest BCUT2D eigenvalue weighted by Gasteiger charge is -2.19. The van der Waals surface area contributed by atoms with E-state index >= 15 is 0 Å². The maximum atomic E-state index is 11.6. The van der Waals surface area contributed by atoms with E-state index < -0.39 is 24.5 Å². The van der Waals surface area contributed by atoms with Gasteiger partial charge < -0.3 is 14.6 Å². The second kappa shape index (κ2) is 10.1. The Bertz CT molecular complexity index is 327. The molecule has 0 aromatic heterocycles. The number of nitrogens with zero attached hydrogens (tertiary/aromatic N) is 1. The molecule has 0 atom stereocenters. The van der Waals surface area contributed by atoms with Crippen molar-refractivity contribution in [1.82, 2.24) is 4.90 Å². The van der Waals surface area contributed by atoms with E-state index in [1.165, 1.54) is 4.90 Å². The first-order valence-corrected chi connectivity index (χ1v) is 6.96. The number of carboxylic acids is 1. The zero-order valence-corrected chi connectivity index (χ0v) is 13.1. The van der Waals surface area contributed by atoms with Crippen molar-refractivity contribution in [3.8, 4) is 0 Å². The van der Waals surface area contributed by atoms with E-state index in [4.69, 9.17) is 14.6 Å². The summed E-state index contributed by atoms with van der Waals surface area (Å²) in [5, 5.41) is 8.80. The molecule has 0 aromatic carbocycles. The van der Waals surface area contributed by atoms with Crippen LogP contribution in [0.2, 0.25) is 0 Å². The molecule has 0 fully saturated rings. The Morgan fingerprint density at radius 2 is 1.24 bits per heavy atom. The zero-order valence-electron chi connectivity index (χ0n) is 13.1. The lowest BCUT2D eigenvalue weighted by molar-refractivity contribution is -0.151. The Morgan fingerprint density at radius 3 is 1.52 bits per heavy atom. The Hall–Kier alpha value is -1.63. The van der Waals surface area contributed by atoms with E-state index in [0.29, 0.717) is 0 Å². The van der Waals surface area contributed by atoms with Crippen LogP contribution in [0.1, 0.15) is 27.7 Å². The van der Waals surface area contributed by atoms with Gasteiger partial charge in [-0.05, 0) is 11.8 Å².